The highest BCUT2D eigenvalue weighted by Gasteiger charge is 2.11. The van der Waals surface area contributed by atoms with Crippen molar-refractivity contribution in [1.82, 2.24) is 4.98 Å². The number of anilines is 1. The van der Waals surface area contributed by atoms with Crippen molar-refractivity contribution in [2.45, 2.75) is 12.8 Å². The van der Waals surface area contributed by atoms with Crippen molar-refractivity contribution in [2.75, 3.05) is 19.0 Å². The smallest absolute Gasteiger partial charge is 0.226 e. The Kier molecular flexibility index (Phi) is 7.14. The number of carbonyl (C=O) groups excluding carboxylic acids is 1. The monoisotopic (exact) mass is 436 g/mol. The number of benzene rings is 2. The van der Waals surface area contributed by atoms with Gasteiger partial charge in [-0.1, -0.05) is 35.3 Å². The Bertz CT molecular complexity index is 962. The van der Waals surface area contributed by atoms with Crippen LogP contribution in [0.15, 0.2) is 47.8 Å². The van der Waals surface area contributed by atoms with Crippen molar-refractivity contribution in [1.29, 1.82) is 0 Å². The van der Waals surface area contributed by atoms with Crippen LogP contribution in [0.3, 0.4) is 0 Å². The van der Waals surface area contributed by atoms with Gasteiger partial charge in [0.15, 0.2) is 5.13 Å². The molecule has 1 aromatic heterocycles. The van der Waals surface area contributed by atoms with Gasteiger partial charge in [0.05, 0.1) is 24.4 Å². The lowest BCUT2D eigenvalue weighted by Gasteiger charge is -2.08. The first kappa shape index (κ1) is 20.5. The number of methoxy groups -OCH3 is 1. The number of nitrogens with one attached hydrogen (secondary N) is 1. The maximum Gasteiger partial charge on any atom is 0.226 e. The number of ether oxygens (including phenoxy) is 2. The summed E-state index contributed by atoms with van der Waals surface area (Å²) in [7, 11) is 1.62. The Morgan fingerprint density at radius 2 is 2.00 bits per heavy atom. The summed E-state index contributed by atoms with van der Waals surface area (Å²) in [5.41, 5.74) is 1.65. The molecule has 0 saturated heterocycles. The molecule has 1 N–H and O–H groups in total. The van der Waals surface area contributed by atoms with Gasteiger partial charge in [-0.05, 0) is 36.8 Å². The standard InChI is InChI=1S/C20H18Cl2N2O3S/c1-26-17-6-3-2-5-14(17)16-12-28-20(23-16)24-19(25)7-4-10-27-18-9-8-13(21)11-15(18)22/h2-3,5-6,8-9,11-12H,4,7,10H2,1H3,(H,23,24,25). The summed E-state index contributed by atoms with van der Waals surface area (Å²) in [6.45, 7) is 0.374. The molecule has 0 aliphatic heterocycles. The molecular weight excluding hydrogens is 419 g/mol. The highest BCUT2D eigenvalue weighted by atomic mass is 35.5. The largest absolute Gasteiger partial charge is 0.496 e. The van der Waals surface area contributed by atoms with Crippen LogP contribution in [0.4, 0.5) is 5.13 Å². The van der Waals surface area contributed by atoms with Gasteiger partial charge in [0.2, 0.25) is 5.91 Å². The third kappa shape index (κ3) is 5.38. The Hall–Kier alpha value is -2.28. The lowest BCUT2D eigenvalue weighted by molar-refractivity contribution is -0.116. The van der Waals surface area contributed by atoms with Crippen LogP contribution in [0.5, 0.6) is 11.5 Å². The van der Waals surface area contributed by atoms with E-state index in [1.54, 1.807) is 25.3 Å². The number of nitrogens with zero attached hydrogens (tertiary/aromatic N) is 1. The normalized spacial score (nSPS) is 10.5. The number of aromatic nitrogens is 1. The molecule has 1 amide bonds. The summed E-state index contributed by atoms with van der Waals surface area (Å²) >= 11 is 13.3. The van der Waals surface area contributed by atoms with Gasteiger partial charge in [0, 0.05) is 22.4 Å². The van der Waals surface area contributed by atoms with E-state index in [9.17, 15) is 4.79 Å². The molecule has 1 heterocycles. The molecule has 0 spiro atoms. The predicted octanol–water partition coefficient (Wildman–Crippen LogP) is 5.92. The van der Waals surface area contributed by atoms with Crippen LogP contribution in [0.2, 0.25) is 10.0 Å². The molecule has 0 aliphatic rings. The van der Waals surface area contributed by atoms with Gasteiger partial charge in [0.1, 0.15) is 11.5 Å². The van der Waals surface area contributed by atoms with Crippen LogP contribution in [0.1, 0.15) is 12.8 Å². The van der Waals surface area contributed by atoms with Gasteiger partial charge in [-0.3, -0.25) is 4.79 Å². The second-order valence-corrected chi connectivity index (χ2v) is 7.51. The molecule has 28 heavy (non-hydrogen) atoms. The number of rotatable bonds is 8. The van der Waals surface area contributed by atoms with E-state index in [0.29, 0.717) is 40.4 Å². The minimum atomic E-state index is -0.119. The fraction of sp³-hybridized carbons (Fsp3) is 0.200. The molecule has 0 radical (unpaired) electrons. The Morgan fingerprint density at radius 3 is 2.79 bits per heavy atom. The lowest BCUT2D eigenvalue weighted by atomic mass is 10.1. The van der Waals surface area contributed by atoms with E-state index >= 15 is 0 Å². The number of carbonyl (C=O) groups is 1. The van der Waals surface area contributed by atoms with Gasteiger partial charge < -0.3 is 14.8 Å². The number of hydrogen-bond acceptors (Lipinski definition) is 5. The highest BCUT2D eigenvalue weighted by Crippen LogP contribution is 2.32. The molecule has 0 fully saturated rings. The maximum atomic E-state index is 12.1. The minimum Gasteiger partial charge on any atom is -0.496 e. The molecule has 0 aliphatic carbocycles. The second-order valence-electron chi connectivity index (χ2n) is 5.81. The lowest BCUT2D eigenvalue weighted by Crippen LogP contribution is -2.12. The number of para-hydroxylation sites is 1. The van der Waals surface area contributed by atoms with Crippen LogP contribution < -0.4 is 14.8 Å². The summed E-state index contributed by atoms with van der Waals surface area (Å²) in [5, 5.41) is 6.25. The van der Waals surface area contributed by atoms with Crippen LogP contribution >= 0.6 is 34.5 Å². The molecule has 3 rings (SSSR count). The zero-order chi connectivity index (χ0) is 19.9. The molecule has 0 saturated carbocycles. The van der Waals surface area contributed by atoms with Crippen molar-refractivity contribution in [3.63, 3.8) is 0 Å². The van der Waals surface area contributed by atoms with Crippen LogP contribution in [-0.2, 0) is 4.79 Å². The molecule has 8 heteroatoms. The first-order valence-corrected chi connectivity index (χ1v) is 10.2. The molecule has 0 bridgehead atoms. The Balaban J connectivity index is 1.48. The van der Waals surface area contributed by atoms with Gasteiger partial charge in [0.25, 0.3) is 0 Å². The molecule has 5 nitrogen and oxygen atoms in total. The van der Waals surface area contributed by atoms with E-state index in [1.807, 2.05) is 29.6 Å². The third-order valence-corrected chi connectivity index (χ3v) is 5.12. The van der Waals surface area contributed by atoms with Gasteiger partial charge in [-0.25, -0.2) is 4.98 Å². The topological polar surface area (TPSA) is 60.5 Å². The summed E-state index contributed by atoms with van der Waals surface area (Å²) in [6.07, 6.45) is 0.865. The summed E-state index contributed by atoms with van der Waals surface area (Å²) in [4.78, 5) is 16.6. The SMILES string of the molecule is COc1ccccc1-c1csc(NC(=O)CCCOc2ccc(Cl)cc2Cl)n1. The van der Waals surface area contributed by atoms with E-state index < -0.39 is 0 Å². The molecule has 3 aromatic rings. The van der Waals surface area contributed by atoms with E-state index in [4.69, 9.17) is 32.7 Å². The molecule has 2 aromatic carbocycles. The van der Waals surface area contributed by atoms with Crippen molar-refractivity contribution in [2.24, 2.45) is 0 Å². The zero-order valence-corrected chi connectivity index (χ0v) is 17.4. The van der Waals surface area contributed by atoms with Crippen molar-refractivity contribution >= 4 is 45.6 Å². The van der Waals surface area contributed by atoms with E-state index in [1.165, 1.54) is 11.3 Å². The average molecular weight is 437 g/mol. The third-order valence-electron chi connectivity index (χ3n) is 3.83. The summed E-state index contributed by atoms with van der Waals surface area (Å²) in [6, 6.07) is 12.7. The number of hydrogen-bond donors (Lipinski definition) is 1. The first-order chi connectivity index (χ1) is 13.6. The number of amides is 1. The summed E-state index contributed by atoms with van der Waals surface area (Å²) in [5.74, 6) is 1.17. The van der Waals surface area contributed by atoms with Crippen LogP contribution in [-0.4, -0.2) is 24.6 Å². The van der Waals surface area contributed by atoms with E-state index in [-0.39, 0.29) is 5.91 Å². The fourth-order valence-electron chi connectivity index (χ4n) is 2.50. The number of halogens is 2. The quantitative estimate of drug-likeness (QED) is 0.444. The summed E-state index contributed by atoms with van der Waals surface area (Å²) < 4.78 is 10.9. The van der Waals surface area contributed by atoms with Gasteiger partial charge in [-0.15, -0.1) is 11.3 Å². The van der Waals surface area contributed by atoms with E-state index in [2.05, 4.69) is 10.3 Å². The second kappa shape index (κ2) is 9.78. The first-order valence-electron chi connectivity index (χ1n) is 8.53. The van der Waals surface area contributed by atoms with E-state index in [0.717, 1.165) is 17.0 Å². The molecule has 0 unspecified atom stereocenters. The van der Waals surface area contributed by atoms with Crippen LogP contribution in [0.25, 0.3) is 11.3 Å². The minimum absolute atomic E-state index is 0.119. The Labute approximate surface area is 177 Å². The fourth-order valence-corrected chi connectivity index (χ4v) is 3.69. The van der Waals surface area contributed by atoms with Crippen molar-refractivity contribution < 1.29 is 14.3 Å². The molecule has 0 atom stereocenters. The molecular formula is C20H18Cl2N2O3S. The predicted molar refractivity (Wildman–Crippen MR) is 114 cm³/mol. The van der Waals surface area contributed by atoms with Gasteiger partial charge >= 0.3 is 0 Å². The zero-order valence-electron chi connectivity index (χ0n) is 15.1. The van der Waals surface area contributed by atoms with Crippen LogP contribution in [0, 0.1) is 0 Å². The average Bonchev–Trinajstić information content (AvgIpc) is 3.14. The maximum absolute atomic E-state index is 12.1. The van der Waals surface area contributed by atoms with Crippen molar-refractivity contribution in [3.05, 3.63) is 57.9 Å². The Morgan fingerprint density at radius 1 is 1.18 bits per heavy atom. The highest BCUT2D eigenvalue weighted by molar-refractivity contribution is 7.14. The number of thiazole rings is 1. The van der Waals surface area contributed by atoms with Crippen molar-refractivity contribution in [3.8, 4) is 22.8 Å². The molecule has 146 valence electrons. The van der Waals surface area contributed by atoms with Gasteiger partial charge in [-0.2, -0.15) is 0 Å².